The zero-order chi connectivity index (χ0) is 19.9. The quantitative estimate of drug-likeness (QED) is 0.622. The van der Waals surface area contributed by atoms with E-state index in [-0.39, 0.29) is 27.8 Å². The van der Waals surface area contributed by atoms with E-state index < -0.39 is 17.6 Å². The summed E-state index contributed by atoms with van der Waals surface area (Å²) in [5.74, 6) is -0.849. The molecule has 5 nitrogen and oxygen atoms in total. The molecule has 0 radical (unpaired) electrons. The van der Waals surface area contributed by atoms with Gasteiger partial charge < -0.3 is 10.4 Å². The Labute approximate surface area is 157 Å². The van der Waals surface area contributed by atoms with Crippen LogP contribution in [-0.2, 0) is 12.6 Å². The van der Waals surface area contributed by atoms with Gasteiger partial charge in [-0.2, -0.15) is 13.2 Å². The fourth-order valence-electron chi connectivity index (χ4n) is 2.72. The second-order valence-electron chi connectivity index (χ2n) is 6.00. The van der Waals surface area contributed by atoms with Gasteiger partial charge in [-0.3, -0.25) is 9.20 Å². The molecule has 0 aliphatic heterocycles. The molecule has 2 aromatic heterocycles. The molecule has 142 valence electrons. The summed E-state index contributed by atoms with van der Waals surface area (Å²) in [6.45, 7) is 3.49. The molecule has 0 spiro atoms. The number of phenolic OH excluding ortho intramolecular Hbond substituents is 1. The van der Waals surface area contributed by atoms with Crippen molar-refractivity contribution in [2.75, 3.05) is 5.32 Å². The van der Waals surface area contributed by atoms with Gasteiger partial charge in [-0.25, -0.2) is 4.98 Å². The number of pyridine rings is 1. The average molecular weight is 398 g/mol. The topological polar surface area (TPSA) is 66.6 Å². The Hall–Kier alpha value is -2.74. The molecule has 0 bridgehead atoms. The van der Waals surface area contributed by atoms with Crippen LogP contribution in [0, 0.1) is 6.92 Å². The Bertz CT molecular complexity index is 1040. The first kappa shape index (κ1) is 19.0. The summed E-state index contributed by atoms with van der Waals surface area (Å²) in [5, 5.41) is 12.3. The minimum atomic E-state index is -4.63. The van der Waals surface area contributed by atoms with Gasteiger partial charge in [-0.1, -0.05) is 24.6 Å². The number of phenols is 1. The highest BCUT2D eigenvalue weighted by molar-refractivity contribution is 6.33. The molecule has 3 rings (SSSR count). The molecule has 2 heterocycles. The van der Waals surface area contributed by atoms with Crippen molar-refractivity contribution in [1.29, 1.82) is 0 Å². The molecule has 0 fully saturated rings. The number of nitrogens with one attached hydrogen (secondary N) is 1. The maximum Gasteiger partial charge on any atom is 0.417 e. The third-order valence-corrected chi connectivity index (χ3v) is 4.30. The van der Waals surface area contributed by atoms with Crippen LogP contribution < -0.4 is 5.32 Å². The van der Waals surface area contributed by atoms with Gasteiger partial charge in [-0.05, 0) is 37.1 Å². The van der Waals surface area contributed by atoms with Gasteiger partial charge in [-0.15, -0.1) is 0 Å². The third kappa shape index (κ3) is 3.57. The summed E-state index contributed by atoms with van der Waals surface area (Å²) >= 11 is 5.96. The van der Waals surface area contributed by atoms with E-state index in [1.165, 1.54) is 12.1 Å². The number of aryl methyl sites for hydroxylation is 2. The van der Waals surface area contributed by atoms with Crippen molar-refractivity contribution < 1.29 is 23.1 Å². The number of carbonyl (C=O) groups is 1. The molecule has 0 saturated carbocycles. The number of benzene rings is 1. The number of aromatic hydroxyl groups is 1. The monoisotopic (exact) mass is 397 g/mol. The van der Waals surface area contributed by atoms with E-state index in [4.69, 9.17) is 11.6 Å². The standard InChI is InChI=1S/C18H15ClF3N3O2/c1-3-12-15(17(27)24-13-5-4-9(2)6-14(13)26)25-8-10(18(20,21)22)7-11(19)16(25)23-12/h4-8,26H,3H2,1-2H3,(H,24,27). The summed E-state index contributed by atoms with van der Waals surface area (Å²) < 4.78 is 40.4. The van der Waals surface area contributed by atoms with Crippen LogP contribution in [0.3, 0.4) is 0 Å². The predicted octanol–water partition coefficient (Wildman–Crippen LogP) is 4.84. The largest absolute Gasteiger partial charge is 0.506 e. The number of fused-ring (bicyclic) bond motifs is 1. The number of hydrogen-bond donors (Lipinski definition) is 2. The van der Waals surface area contributed by atoms with Crippen LogP contribution in [0.4, 0.5) is 18.9 Å². The Morgan fingerprint density at radius 1 is 1.33 bits per heavy atom. The van der Waals surface area contributed by atoms with Crippen LogP contribution in [0.2, 0.25) is 5.02 Å². The second-order valence-corrected chi connectivity index (χ2v) is 6.41. The van der Waals surface area contributed by atoms with E-state index in [0.29, 0.717) is 12.1 Å². The lowest BCUT2D eigenvalue weighted by molar-refractivity contribution is -0.137. The normalized spacial score (nSPS) is 11.8. The van der Waals surface area contributed by atoms with Crippen LogP contribution in [0.15, 0.2) is 30.5 Å². The van der Waals surface area contributed by atoms with Crippen LogP contribution in [0.25, 0.3) is 5.65 Å². The fourth-order valence-corrected chi connectivity index (χ4v) is 2.97. The summed E-state index contributed by atoms with van der Waals surface area (Å²) in [5.41, 5.74) is 0.213. The Morgan fingerprint density at radius 3 is 2.63 bits per heavy atom. The Balaban J connectivity index is 2.14. The van der Waals surface area contributed by atoms with Crippen LogP contribution in [0.1, 0.15) is 34.2 Å². The average Bonchev–Trinajstić information content (AvgIpc) is 2.96. The van der Waals surface area contributed by atoms with Crippen molar-refractivity contribution in [3.05, 3.63) is 58.0 Å². The van der Waals surface area contributed by atoms with Crippen molar-refractivity contribution in [1.82, 2.24) is 9.38 Å². The number of carbonyl (C=O) groups excluding carboxylic acids is 1. The highest BCUT2D eigenvalue weighted by Gasteiger charge is 2.33. The van der Waals surface area contributed by atoms with Gasteiger partial charge >= 0.3 is 6.18 Å². The van der Waals surface area contributed by atoms with E-state index in [0.717, 1.165) is 22.2 Å². The molecule has 27 heavy (non-hydrogen) atoms. The van der Waals surface area contributed by atoms with Gasteiger partial charge in [0.05, 0.1) is 22.0 Å². The summed E-state index contributed by atoms with van der Waals surface area (Å²) in [6.07, 6.45) is -3.53. The molecular formula is C18H15ClF3N3O2. The number of amides is 1. The lowest BCUT2D eigenvalue weighted by Gasteiger charge is -2.11. The van der Waals surface area contributed by atoms with E-state index in [1.807, 2.05) is 0 Å². The van der Waals surface area contributed by atoms with Gasteiger partial charge in [0.2, 0.25) is 0 Å². The summed E-state index contributed by atoms with van der Waals surface area (Å²) in [4.78, 5) is 17.0. The Kier molecular flexibility index (Phi) is 4.77. The number of nitrogens with zero attached hydrogens (tertiary/aromatic N) is 2. The van der Waals surface area contributed by atoms with Crippen LogP contribution >= 0.6 is 11.6 Å². The van der Waals surface area contributed by atoms with Crippen molar-refractivity contribution in [3.8, 4) is 5.75 Å². The molecule has 0 unspecified atom stereocenters. The van der Waals surface area contributed by atoms with Gasteiger partial charge in [0.25, 0.3) is 5.91 Å². The number of rotatable bonds is 3. The smallest absolute Gasteiger partial charge is 0.417 e. The van der Waals surface area contributed by atoms with E-state index in [9.17, 15) is 23.1 Å². The van der Waals surface area contributed by atoms with Crippen molar-refractivity contribution >= 4 is 28.8 Å². The second kappa shape index (κ2) is 6.77. The summed E-state index contributed by atoms with van der Waals surface area (Å²) in [7, 11) is 0. The number of aromatic nitrogens is 2. The maximum atomic E-state index is 13.1. The van der Waals surface area contributed by atoms with Gasteiger partial charge in [0.1, 0.15) is 11.4 Å². The molecule has 0 atom stereocenters. The minimum Gasteiger partial charge on any atom is -0.506 e. The van der Waals surface area contributed by atoms with E-state index >= 15 is 0 Å². The molecule has 3 aromatic rings. The third-order valence-electron chi connectivity index (χ3n) is 4.03. The highest BCUT2D eigenvalue weighted by atomic mass is 35.5. The molecular weight excluding hydrogens is 383 g/mol. The minimum absolute atomic E-state index is 0.0554. The lowest BCUT2D eigenvalue weighted by atomic mass is 10.2. The first-order valence-corrected chi connectivity index (χ1v) is 8.38. The molecule has 2 N–H and O–H groups in total. The van der Waals surface area contributed by atoms with Gasteiger partial charge in [0, 0.05) is 6.20 Å². The van der Waals surface area contributed by atoms with Crippen LogP contribution in [0.5, 0.6) is 5.75 Å². The van der Waals surface area contributed by atoms with Crippen molar-refractivity contribution in [2.24, 2.45) is 0 Å². The number of alkyl halides is 3. The van der Waals surface area contributed by atoms with Gasteiger partial charge in [0.15, 0.2) is 5.65 Å². The number of halogens is 4. The molecule has 9 heteroatoms. The predicted molar refractivity (Wildman–Crippen MR) is 95.4 cm³/mol. The number of imidazole rings is 1. The molecule has 0 aliphatic carbocycles. The zero-order valence-electron chi connectivity index (χ0n) is 14.4. The van der Waals surface area contributed by atoms with E-state index in [2.05, 4.69) is 10.3 Å². The SMILES string of the molecule is CCc1nc2c(Cl)cc(C(F)(F)F)cn2c1C(=O)Nc1ccc(C)cc1O. The maximum absolute atomic E-state index is 13.1. The first-order valence-electron chi connectivity index (χ1n) is 8.00. The van der Waals surface area contributed by atoms with Crippen LogP contribution in [-0.4, -0.2) is 20.4 Å². The molecule has 0 saturated heterocycles. The molecule has 0 aliphatic rings. The van der Waals surface area contributed by atoms with Crippen molar-refractivity contribution in [3.63, 3.8) is 0 Å². The fraction of sp³-hybridized carbons (Fsp3) is 0.222. The molecule has 1 aromatic carbocycles. The van der Waals surface area contributed by atoms with E-state index in [1.54, 1.807) is 19.9 Å². The Morgan fingerprint density at radius 2 is 2.04 bits per heavy atom. The zero-order valence-corrected chi connectivity index (χ0v) is 15.1. The lowest BCUT2D eigenvalue weighted by Crippen LogP contribution is -2.17. The van der Waals surface area contributed by atoms with Crippen molar-refractivity contribution in [2.45, 2.75) is 26.4 Å². The number of anilines is 1. The first-order chi connectivity index (χ1) is 12.6. The number of hydrogen-bond acceptors (Lipinski definition) is 3. The highest BCUT2D eigenvalue weighted by Crippen LogP contribution is 2.33. The molecule has 1 amide bonds. The summed E-state index contributed by atoms with van der Waals surface area (Å²) in [6, 6.07) is 5.43.